The Hall–Kier alpha value is -0.160. The summed E-state index contributed by atoms with van der Waals surface area (Å²) < 4.78 is 0. The average molecular weight is 324 g/mol. The first kappa shape index (κ1) is 15.7. The molecular formula is C17H25NOS2. The maximum absolute atomic E-state index is 9.25. The molecule has 2 saturated heterocycles. The summed E-state index contributed by atoms with van der Waals surface area (Å²) in [5, 5.41) is 9.25. The molecule has 0 aliphatic carbocycles. The lowest BCUT2D eigenvalue weighted by molar-refractivity contribution is 0.272. The van der Waals surface area contributed by atoms with Crippen LogP contribution in [0.25, 0.3) is 0 Å². The normalized spacial score (nSPS) is 25.1. The molecule has 1 atom stereocenters. The largest absolute Gasteiger partial charge is 0.392 e. The SMILES string of the molecule is OCc1cccc(C[C@H]2CCN(C3CSCCSC3)C2)c1. The fraction of sp³-hybridized carbons (Fsp3) is 0.647. The molecule has 116 valence electrons. The van der Waals surface area contributed by atoms with E-state index in [1.165, 1.54) is 48.1 Å². The van der Waals surface area contributed by atoms with Gasteiger partial charge >= 0.3 is 0 Å². The van der Waals surface area contributed by atoms with Crippen LogP contribution in [0.15, 0.2) is 24.3 Å². The number of likely N-dealkylation sites (tertiary alicyclic amines) is 1. The van der Waals surface area contributed by atoms with Gasteiger partial charge in [0.25, 0.3) is 0 Å². The maximum atomic E-state index is 9.25. The van der Waals surface area contributed by atoms with Crippen molar-refractivity contribution < 1.29 is 5.11 Å². The van der Waals surface area contributed by atoms with Gasteiger partial charge in [0.15, 0.2) is 0 Å². The Morgan fingerprint density at radius 3 is 2.67 bits per heavy atom. The van der Waals surface area contributed by atoms with Gasteiger partial charge in [-0.2, -0.15) is 23.5 Å². The summed E-state index contributed by atoms with van der Waals surface area (Å²) in [6.45, 7) is 2.69. The minimum Gasteiger partial charge on any atom is -0.392 e. The Labute approximate surface area is 136 Å². The number of rotatable bonds is 4. The zero-order valence-electron chi connectivity index (χ0n) is 12.5. The lowest BCUT2D eigenvalue weighted by Crippen LogP contribution is -2.37. The van der Waals surface area contributed by atoms with Crippen LogP contribution < -0.4 is 0 Å². The molecule has 0 bridgehead atoms. The van der Waals surface area contributed by atoms with Crippen LogP contribution in [0, 0.1) is 5.92 Å². The maximum Gasteiger partial charge on any atom is 0.0681 e. The Morgan fingerprint density at radius 1 is 1.14 bits per heavy atom. The van der Waals surface area contributed by atoms with Crippen LogP contribution in [0.2, 0.25) is 0 Å². The van der Waals surface area contributed by atoms with E-state index < -0.39 is 0 Å². The van der Waals surface area contributed by atoms with E-state index in [4.69, 9.17) is 0 Å². The van der Waals surface area contributed by atoms with Crippen molar-refractivity contribution in [3.63, 3.8) is 0 Å². The first-order chi connectivity index (χ1) is 10.3. The molecule has 0 aromatic heterocycles. The highest BCUT2D eigenvalue weighted by molar-refractivity contribution is 8.03. The fourth-order valence-electron chi connectivity index (χ4n) is 3.36. The highest BCUT2D eigenvalue weighted by Crippen LogP contribution is 2.27. The summed E-state index contributed by atoms with van der Waals surface area (Å²) in [5.74, 6) is 6.08. The molecule has 2 aliphatic heterocycles. The molecule has 3 rings (SSSR count). The summed E-state index contributed by atoms with van der Waals surface area (Å²) in [4.78, 5) is 2.73. The van der Waals surface area contributed by atoms with Crippen molar-refractivity contribution >= 4 is 23.5 Å². The van der Waals surface area contributed by atoms with Gasteiger partial charge in [0, 0.05) is 35.6 Å². The molecule has 2 heterocycles. The summed E-state index contributed by atoms with van der Waals surface area (Å²) in [6.07, 6.45) is 2.49. The van der Waals surface area contributed by atoms with Crippen molar-refractivity contribution in [3.05, 3.63) is 35.4 Å². The van der Waals surface area contributed by atoms with Gasteiger partial charge in [-0.15, -0.1) is 0 Å². The van der Waals surface area contributed by atoms with Crippen LogP contribution in [-0.4, -0.2) is 52.1 Å². The van der Waals surface area contributed by atoms with Gasteiger partial charge in [0.05, 0.1) is 6.61 Å². The summed E-state index contributed by atoms with van der Waals surface area (Å²) in [6, 6.07) is 9.24. The van der Waals surface area contributed by atoms with E-state index in [1.807, 2.05) is 6.07 Å². The van der Waals surface area contributed by atoms with Crippen molar-refractivity contribution in [2.45, 2.75) is 25.5 Å². The van der Waals surface area contributed by atoms with E-state index in [9.17, 15) is 5.11 Å². The van der Waals surface area contributed by atoms with Gasteiger partial charge in [-0.3, -0.25) is 4.90 Å². The molecule has 21 heavy (non-hydrogen) atoms. The number of thioether (sulfide) groups is 2. The Kier molecular flexibility index (Phi) is 5.92. The second kappa shape index (κ2) is 7.91. The third-order valence-electron chi connectivity index (χ3n) is 4.52. The average Bonchev–Trinajstić information content (AvgIpc) is 2.81. The quantitative estimate of drug-likeness (QED) is 0.920. The van der Waals surface area contributed by atoms with E-state index in [1.54, 1.807) is 0 Å². The third kappa shape index (κ3) is 4.41. The first-order valence-corrected chi connectivity index (χ1v) is 10.2. The van der Waals surface area contributed by atoms with Gasteiger partial charge in [-0.25, -0.2) is 0 Å². The molecule has 0 amide bonds. The monoisotopic (exact) mass is 323 g/mol. The highest BCUT2D eigenvalue weighted by atomic mass is 32.2. The number of hydrogen-bond donors (Lipinski definition) is 1. The van der Waals surface area contributed by atoms with Gasteiger partial charge in [-0.05, 0) is 36.4 Å². The number of aliphatic hydroxyl groups is 1. The zero-order chi connectivity index (χ0) is 14.5. The smallest absolute Gasteiger partial charge is 0.0681 e. The lowest BCUT2D eigenvalue weighted by Gasteiger charge is -2.26. The van der Waals surface area contributed by atoms with Crippen LogP contribution >= 0.6 is 23.5 Å². The van der Waals surface area contributed by atoms with Crippen LogP contribution in [-0.2, 0) is 13.0 Å². The molecule has 0 radical (unpaired) electrons. The molecule has 0 unspecified atom stereocenters. The van der Waals surface area contributed by atoms with E-state index in [-0.39, 0.29) is 6.61 Å². The molecular weight excluding hydrogens is 298 g/mol. The zero-order valence-corrected chi connectivity index (χ0v) is 14.2. The van der Waals surface area contributed by atoms with Crippen molar-refractivity contribution in [1.29, 1.82) is 0 Å². The second-order valence-corrected chi connectivity index (χ2v) is 8.44. The number of benzene rings is 1. The van der Waals surface area contributed by atoms with Gasteiger partial charge in [-0.1, -0.05) is 24.3 Å². The predicted octanol–water partition coefficient (Wildman–Crippen LogP) is 2.89. The molecule has 2 fully saturated rings. The molecule has 1 aromatic rings. The van der Waals surface area contributed by atoms with Crippen molar-refractivity contribution in [3.8, 4) is 0 Å². The van der Waals surface area contributed by atoms with Crippen LogP contribution in [0.3, 0.4) is 0 Å². The number of aliphatic hydroxyl groups excluding tert-OH is 1. The number of nitrogens with zero attached hydrogens (tertiary/aromatic N) is 1. The van der Waals surface area contributed by atoms with Gasteiger partial charge in [0.1, 0.15) is 0 Å². The molecule has 1 N–H and O–H groups in total. The Morgan fingerprint density at radius 2 is 1.90 bits per heavy atom. The first-order valence-electron chi connectivity index (χ1n) is 7.93. The molecule has 2 nitrogen and oxygen atoms in total. The summed E-state index contributed by atoms with van der Waals surface area (Å²) in [7, 11) is 0. The number of hydrogen-bond acceptors (Lipinski definition) is 4. The van der Waals surface area contributed by atoms with Crippen LogP contribution in [0.5, 0.6) is 0 Å². The Balaban J connectivity index is 1.54. The van der Waals surface area contributed by atoms with Crippen molar-refractivity contribution in [2.24, 2.45) is 5.92 Å². The topological polar surface area (TPSA) is 23.5 Å². The third-order valence-corrected chi connectivity index (χ3v) is 7.01. The predicted molar refractivity (Wildman–Crippen MR) is 94.2 cm³/mol. The molecule has 1 aromatic carbocycles. The van der Waals surface area contributed by atoms with E-state index in [0.29, 0.717) is 0 Å². The van der Waals surface area contributed by atoms with Gasteiger partial charge in [0.2, 0.25) is 0 Å². The van der Waals surface area contributed by atoms with Gasteiger partial charge < -0.3 is 5.11 Å². The van der Waals surface area contributed by atoms with Crippen LogP contribution in [0.4, 0.5) is 0 Å². The second-order valence-electron chi connectivity index (χ2n) is 6.14. The molecule has 2 aliphatic rings. The lowest BCUT2D eigenvalue weighted by atomic mass is 9.97. The van der Waals surface area contributed by atoms with Crippen molar-refractivity contribution in [1.82, 2.24) is 4.90 Å². The molecule has 0 spiro atoms. The van der Waals surface area contributed by atoms with Crippen molar-refractivity contribution in [2.75, 3.05) is 36.1 Å². The highest BCUT2D eigenvalue weighted by Gasteiger charge is 2.28. The fourth-order valence-corrected chi connectivity index (χ4v) is 5.99. The van der Waals surface area contributed by atoms with Crippen LogP contribution in [0.1, 0.15) is 17.5 Å². The molecule has 0 saturated carbocycles. The summed E-state index contributed by atoms with van der Waals surface area (Å²) >= 11 is 4.26. The molecule has 4 heteroatoms. The minimum absolute atomic E-state index is 0.154. The Bertz CT molecular complexity index is 446. The summed E-state index contributed by atoms with van der Waals surface area (Å²) in [5.41, 5.74) is 2.43. The van der Waals surface area contributed by atoms with E-state index in [2.05, 4.69) is 46.6 Å². The minimum atomic E-state index is 0.154. The standard InChI is InChI=1S/C17H25NOS2/c19-11-16-3-1-2-14(9-16)8-15-4-5-18(10-15)17-12-20-6-7-21-13-17/h1-3,9,15,17,19H,4-8,10-13H2/t15-/m1/s1. The van der Waals surface area contributed by atoms with E-state index >= 15 is 0 Å². The van der Waals surface area contributed by atoms with E-state index in [0.717, 1.165) is 23.9 Å².